The molecule has 0 aliphatic carbocycles. The number of aromatic nitrogens is 1. The number of nitrogens with one attached hydrogen (secondary N) is 2. The molecular formula is C19H24F3N5O2S. The Balaban J connectivity index is 2.05. The van der Waals surface area contributed by atoms with Crippen molar-refractivity contribution in [1.82, 2.24) is 10.3 Å². The maximum Gasteiger partial charge on any atom is 0.416 e. The summed E-state index contributed by atoms with van der Waals surface area (Å²) in [5, 5.41) is 7.69. The van der Waals surface area contributed by atoms with Crippen molar-refractivity contribution in [3.05, 3.63) is 40.9 Å². The van der Waals surface area contributed by atoms with E-state index in [2.05, 4.69) is 20.6 Å². The number of hydrogen-bond donors (Lipinski definition) is 3. The van der Waals surface area contributed by atoms with E-state index >= 15 is 0 Å². The fraction of sp³-hybridized carbons (Fsp3) is 0.421. The molecule has 30 heavy (non-hydrogen) atoms. The van der Waals surface area contributed by atoms with Gasteiger partial charge in [-0.1, -0.05) is 0 Å². The molecule has 0 unspecified atom stereocenters. The van der Waals surface area contributed by atoms with E-state index in [-0.39, 0.29) is 11.4 Å². The summed E-state index contributed by atoms with van der Waals surface area (Å²) < 4.78 is 44.5. The lowest BCUT2D eigenvalue weighted by molar-refractivity contribution is -0.137. The van der Waals surface area contributed by atoms with Crippen LogP contribution in [0.1, 0.15) is 38.3 Å². The van der Waals surface area contributed by atoms with Crippen LogP contribution < -0.4 is 16.4 Å². The fourth-order valence-electron chi connectivity index (χ4n) is 2.34. The summed E-state index contributed by atoms with van der Waals surface area (Å²) in [5.41, 5.74) is 5.07. The molecular weight excluding hydrogens is 419 g/mol. The molecule has 0 fully saturated rings. The second kappa shape index (κ2) is 9.79. The average Bonchev–Trinajstić information content (AvgIpc) is 3.12. The van der Waals surface area contributed by atoms with Crippen LogP contribution in [0.25, 0.3) is 0 Å². The van der Waals surface area contributed by atoms with Crippen LogP contribution in [-0.2, 0) is 10.9 Å². The molecule has 0 atom stereocenters. The van der Waals surface area contributed by atoms with Crippen molar-refractivity contribution in [2.75, 3.05) is 18.4 Å². The minimum atomic E-state index is -4.51. The predicted molar refractivity (Wildman–Crippen MR) is 111 cm³/mol. The summed E-state index contributed by atoms with van der Waals surface area (Å²) >= 11 is 1.22. The molecule has 1 aromatic carbocycles. The Hall–Kier alpha value is -2.82. The van der Waals surface area contributed by atoms with Crippen LogP contribution in [0.2, 0.25) is 0 Å². The minimum Gasteiger partial charge on any atom is -0.444 e. The van der Waals surface area contributed by atoms with Crippen molar-refractivity contribution in [1.29, 1.82) is 0 Å². The fourth-order valence-corrected chi connectivity index (χ4v) is 2.85. The first-order valence-corrected chi connectivity index (χ1v) is 9.99. The summed E-state index contributed by atoms with van der Waals surface area (Å²) in [7, 11) is 0. The number of alkyl carbamates (subject to hydrolysis) is 1. The first-order valence-electron chi connectivity index (χ1n) is 9.12. The number of benzene rings is 1. The van der Waals surface area contributed by atoms with Crippen LogP contribution in [0, 0.1) is 0 Å². The number of anilines is 1. The van der Waals surface area contributed by atoms with Gasteiger partial charge in [0.25, 0.3) is 0 Å². The Morgan fingerprint density at radius 3 is 2.60 bits per heavy atom. The maximum atomic E-state index is 13.1. The minimum absolute atomic E-state index is 0.0783. The Morgan fingerprint density at radius 2 is 2.00 bits per heavy atom. The molecule has 7 nitrogen and oxygen atoms in total. The zero-order valence-corrected chi connectivity index (χ0v) is 17.7. The molecule has 0 spiro atoms. The number of nitrogens with two attached hydrogens (primary N) is 1. The quantitative estimate of drug-likeness (QED) is 0.332. The standard InChI is InChI=1S/C19H24F3N5O2S/c1-18(2,3)29-17(28)26-8-4-7-24-14-6-5-12(19(20,21)22)11-13(14)15(23)27-16-25-9-10-30-16/h5-6,9-11,24H,4,7-8H2,1-3H3,(H,26,28)(H2,23,25,27). The largest absolute Gasteiger partial charge is 0.444 e. The third-order valence-electron chi connectivity index (χ3n) is 3.60. The smallest absolute Gasteiger partial charge is 0.416 e. The van der Waals surface area contributed by atoms with Gasteiger partial charge in [0, 0.05) is 35.9 Å². The van der Waals surface area contributed by atoms with Crippen molar-refractivity contribution in [3.8, 4) is 0 Å². The van der Waals surface area contributed by atoms with Crippen molar-refractivity contribution < 1.29 is 22.7 Å². The number of carbonyl (C=O) groups is 1. The highest BCUT2D eigenvalue weighted by atomic mass is 32.1. The number of carbonyl (C=O) groups excluding carboxylic acids is 1. The lowest BCUT2D eigenvalue weighted by Crippen LogP contribution is -2.33. The topological polar surface area (TPSA) is 102 Å². The van der Waals surface area contributed by atoms with Gasteiger partial charge in [0.15, 0.2) is 0 Å². The summed E-state index contributed by atoms with van der Waals surface area (Å²) in [6, 6.07) is 3.23. The molecule has 164 valence electrons. The highest BCUT2D eigenvalue weighted by molar-refractivity contribution is 7.13. The molecule has 0 saturated carbocycles. The van der Waals surface area contributed by atoms with Gasteiger partial charge >= 0.3 is 12.3 Å². The first-order chi connectivity index (χ1) is 14.0. The van der Waals surface area contributed by atoms with E-state index in [4.69, 9.17) is 10.5 Å². The molecule has 0 saturated heterocycles. The van der Waals surface area contributed by atoms with E-state index in [1.54, 1.807) is 26.2 Å². The summed E-state index contributed by atoms with van der Waals surface area (Å²) in [4.78, 5) is 19.7. The summed E-state index contributed by atoms with van der Waals surface area (Å²) in [5.74, 6) is -0.0783. The number of alkyl halides is 3. The van der Waals surface area contributed by atoms with Gasteiger partial charge in [-0.15, -0.1) is 11.3 Å². The molecule has 1 amide bonds. The Bertz CT molecular complexity index is 877. The molecule has 1 heterocycles. The van der Waals surface area contributed by atoms with E-state index < -0.39 is 23.4 Å². The Kier molecular flexibility index (Phi) is 7.65. The van der Waals surface area contributed by atoms with Crippen molar-refractivity contribution in [3.63, 3.8) is 0 Å². The van der Waals surface area contributed by atoms with E-state index in [0.717, 1.165) is 12.1 Å². The highest BCUT2D eigenvalue weighted by Crippen LogP contribution is 2.32. The number of aliphatic imine (C=N–C) groups is 1. The lowest BCUT2D eigenvalue weighted by Gasteiger charge is -2.19. The average molecular weight is 443 g/mol. The SMILES string of the molecule is CC(C)(C)OC(=O)NCCCNc1ccc(C(F)(F)F)cc1/C(N)=N/c1nccs1. The van der Waals surface area contributed by atoms with Gasteiger partial charge in [0.2, 0.25) is 5.13 Å². The molecule has 0 bridgehead atoms. The highest BCUT2D eigenvalue weighted by Gasteiger charge is 2.31. The predicted octanol–water partition coefficient (Wildman–Crippen LogP) is 4.53. The maximum absolute atomic E-state index is 13.1. The van der Waals surface area contributed by atoms with E-state index in [9.17, 15) is 18.0 Å². The van der Waals surface area contributed by atoms with E-state index in [0.29, 0.717) is 30.3 Å². The third-order valence-corrected chi connectivity index (χ3v) is 4.26. The summed E-state index contributed by atoms with van der Waals surface area (Å²) in [6.45, 7) is 6.01. The first kappa shape index (κ1) is 23.5. The van der Waals surface area contributed by atoms with Crippen molar-refractivity contribution in [2.24, 2.45) is 10.7 Å². The van der Waals surface area contributed by atoms with Gasteiger partial charge in [-0.05, 0) is 45.4 Å². The zero-order valence-electron chi connectivity index (χ0n) is 16.8. The molecule has 0 aliphatic heterocycles. The number of nitrogens with zero attached hydrogens (tertiary/aromatic N) is 2. The van der Waals surface area contributed by atoms with E-state index in [1.807, 2.05) is 0 Å². The molecule has 0 radical (unpaired) electrons. The number of rotatable bonds is 7. The normalized spacial score (nSPS) is 12.5. The molecule has 2 aromatic rings. The van der Waals surface area contributed by atoms with Gasteiger partial charge in [0.1, 0.15) is 11.4 Å². The second-order valence-corrected chi connectivity index (χ2v) is 8.15. The van der Waals surface area contributed by atoms with Crippen molar-refractivity contribution >= 4 is 34.1 Å². The van der Waals surface area contributed by atoms with Crippen LogP contribution in [0.15, 0.2) is 34.8 Å². The molecule has 2 rings (SSSR count). The van der Waals surface area contributed by atoms with Gasteiger partial charge in [-0.25, -0.2) is 14.8 Å². The number of thiazole rings is 1. The van der Waals surface area contributed by atoms with Crippen molar-refractivity contribution in [2.45, 2.75) is 39.0 Å². The van der Waals surface area contributed by atoms with Crippen LogP contribution in [-0.4, -0.2) is 35.6 Å². The van der Waals surface area contributed by atoms with Crippen LogP contribution in [0.5, 0.6) is 0 Å². The summed E-state index contributed by atoms with van der Waals surface area (Å²) in [6.07, 6.45) is -2.99. The van der Waals surface area contributed by atoms with Crippen LogP contribution in [0.3, 0.4) is 0 Å². The number of amidine groups is 1. The number of amides is 1. The third kappa shape index (κ3) is 7.54. The monoisotopic (exact) mass is 443 g/mol. The van der Waals surface area contributed by atoms with Crippen LogP contribution in [0.4, 0.5) is 28.8 Å². The molecule has 4 N–H and O–H groups in total. The Morgan fingerprint density at radius 1 is 1.27 bits per heavy atom. The van der Waals surface area contributed by atoms with Gasteiger partial charge < -0.3 is 21.1 Å². The second-order valence-electron chi connectivity index (χ2n) is 7.28. The lowest BCUT2D eigenvalue weighted by atomic mass is 10.1. The number of halogens is 3. The number of hydrogen-bond acceptors (Lipinski definition) is 6. The molecule has 0 aliphatic rings. The molecule has 1 aromatic heterocycles. The number of ether oxygens (including phenoxy) is 1. The van der Waals surface area contributed by atoms with Gasteiger partial charge in [-0.2, -0.15) is 13.2 Å². The van der Waals surface area contributed by atoms with Gasteiger partial charge in [0.05, 0.1) is 5.56 Å². The van der Waals surface area contributed by atoms with Gasteiger partial charge in [-0.3, -0.25) is 0 Å². The zero-order chi connectivity index (χ0) is 22.4. The van der Waals surface area contributed by atoms with E-state index in [1.165, 1.54) is 23.6 Å². The molecule has 11 heteroatoms. The Labute approximate surface area is 176 Å². The van der Waals surface area contributed by atoms with Crippen LogP contribution >= 0.6 is 11.3 Å².